The van der Waals surface area contributed by atoms with Crippen LogP contribution in [-0.2, 0) is 0 Å². The number of hydrogen-bond acceptors (Lipinski definition) is 4. The average Bonchev–Trinajstić information content (AvgIpc) is 2.74. The molecule has 0 bridgehead atoms. The lowest BCUT2D eigenvalue weighted by Gasteiger charge is -2.34. The van der Waals surface area contributed by atoms with Crippen LogP contribution in [0.4, 0.5) is 0 Å². The van der Waals surface area contributed by atoms with E-state index in [0.29, 0.717) is 4.88 Å². The minimum absolute atomic E-state index is 0. The monoisotopic (exact) mass is 289 g/mol. The van der Waals surface area contributed by atoms with Gasteiger partial charge >= 0.3 is 0 Å². The lowest BCUT2D eigenvalue weighted by molar-refractivity contribution is 0.0928. The topological polar surface area (TPSA) is 54.0 Å². The van der Waals surface area contributed by atoms with E-state index >= 15 is 0 Å². The van der Waals surface area contributed by atoms with Crippen molar-refractivity contribution in [2.24, 2.45) is 5.41 Å². The predicted octanol–water partition coefficient (Wildman–Crippen LogP) is 1.99. The minimum Gasteiger partial charge on any atom is -0.351 e. The van der Waals surface area contributed by atoms with E-state index in [1.807, 2.05) is 6.92 Å². The summed E-state index contributed by atoms with van der Waals surface area (Å²) >= 11 is 1.44. The van der Waals surface area contributed by atoms with Crippen LogP contribution in [0.25, 0.3) is 0 Å². The Hall–Kier alpha value is -0.650. The van der Waals surface area contributed by atoms with Crippen molar-refractivity contribution in [3.05, 3.63) is 16.1 Å². The van der Waals surface area contributed by atoms with Crippen molar-refractivity contribution < 1.29 is 4.79 Å². The molecule has 102 valence electrons. The highest BCUT2D eigenvalue weighted by atomic mass is 35.5. The number of aromatic nitrogens is 1. The van der Waals surface area contributed by atoms with Gasteiger partial charge < -0.3 is 10.6 Å². The first kappa shape index (κ1) is 15.4. The molecule has 1 aromatic heterocycles. The Labute approximate surface area is 118 Å². The predicted molar refractivity (Wildman–Crippen MR) is 76.6 cm³/mol. The van der Waals surface area contributed by atoms with Crippen molar-refractivity contribution >= 4 is 29.7 Å². The molecule has 0 spiro atoms. The number of nitrogens with one attached hydrogen (secondary N) is 2. The molecule has 1 aromatic rings. The average molecular weight is 290 g/mol. The smallest absolute Gasteiger partial charge is 0.263 e. The molecular weight excluding hydrogens is 270 g/mol. The van der Waals surface area contributed by atoms with E-state index in [-0.39, 0.29) is 23.7 Å². The lowest BCUT2D eigenvalue weighted by atomic mass is 9.83. The lowest BCUT2D eigenvalue weighted by Crippen LogP contribution is -2.45. The van der Waals surface area contributed by atoms with E-state index in [0.717, 1.165) is 24.6 Å². The van der Waals surface area contributed by atoms with E-state index in [1.54, 1.807) is 6.20 Å². The highest BCUT2D eigenvalue weighted by Crippen LogP contribution is 2.24. The largest absolute Gasteiger partial charge is 0.351 e. The van der Waals surface area contributed by atoms with Gasteiger partial charge in [-0.2, -0.15) is 0 Å². The Bertz CT molecular complexity index is 402. The van der Waals surface area contributed by atoms with Crippen LogP contribution in [0.15, 0.2) is 6.20 Å². The number of carbonyl (C=O) groups excluding carboxylic acids is 1. The van der Waals surface area contributed by atoms with Gasteiger partial charge in [-0.25, -0.2) is 4.98 Å². The number of amides is 1. The first-order chi connectivity index (χ1) is 8.09. The summed E-state index contributed by atoms with van der Waals surface area (Å²) in [6.45, 7) is 6.94. The summed E-state index contributed by atoms with van der Waals surface area (Å²) in [5.41, 5.74) is 0.188. The number of halogens is 1. The van der Waals surface area contributed by atoms with E-state index < -0.39 is 0 Å². The van der Waals surface area contributed by atoms with Crippen LogP contribution in [0.3, 0.4) is 0 Å². The van der Waals surface area contributed by atoms with Gasteiger partial charge in [-0.05, 0) is 31.7 Å². The minimum atomic E-state index is 0. The molecule has 2 heterocycles. The van der Waals surface area contributed by atoms with Gasteiger partial charge in [0.05, 0.1) is 11.2 Å². The molecule has 0 aliphatic carbocycles. The molecule has 1 atom stereocenters. The maximum Gasteiger partial charge on any atom is 0.263 e. The number of hydrogen-bond donors (Lipinski definition) is 2. The summed E-state index contributed by atoms with van der Waals surface area (Å²) in [5.74, 6) is 0.00222. The Balaban J connectivity index is 0.00000162. The van der Waals surface area contributed by atoms with Crippen LogP contribution in [0.1, 0.15) is 34.4 Å². The van der Waals surface area contributed by atoms with Crippen LogP contribution < -0.4 is 10.6 Å². The third-order valence-electron chi connectivity index (χ3n) is 3.21. The first-order valence-electron chi connectivity index (χ1n) is 6.00. The summed E-state index contributed by atoms with van der Waals surface area (Å²) < 4.78 is 0. The SMILES string of the molecule is Cc1ncc(C(=O)NCC2(C)CCCNC2)s1.Cl. The quantitative estimate of drug-likeness (QED) is 0.895. The molecular formula is C12H20ClN3OS. The van der Waals surface area contributed by atoms with Crippen molar-refractivity contribution in [1.29, 1.82) is 0 Å². The third-order valence-corrected chi connectivity index (χ3v) is 4.12. The summed E-state index contributed by atoms with van der Waals surface area (Å²) in [4.78, 5) is 16.7. The first-order valence-corrected chi connectivity index (χ1v) is 6.82. The molecule has 1 aliphatic heterocycles. The third kappa shape index (κ3) is 3.93. The Morgan fingerprint density at radius 2 is 2.44 bits per heavy atom. The van der Waals surface area contributed by atoms with Gasteiger partial charge in [0, 0.05) is 13.1 Å². The van der Waals surface area contributed by atoms with Gasteiger partial charge in [-0.3, -0.25) is 4.79 Å². The van der Waals surface area contributed by atoms with Gasteiger partial charge in [0.2, 0.25) is 0 Å². The summed E-state index contributed by atoms with van der Waals surface area (Å²) in [5, 5.41) is 7.33. The summed E-state index contributed by atoms with van der Waals surface area (Å²) in [6.07, 6.45) is 4.00. The van der Waals surface area contributed by atoms with Gasteiger partial charge in [-0.1, -0.05) is 6.92 Å². The maximum atomic E-state index is 11.9. The fourth-order valence-electron chi connectivity index (χ4n) is 2.12. The molecule has 2 N–H and O–H groups in total. The number of nitrogens with zero attached hydrogens (tertiary/aromatic N) is 1. The number of carbonyl (C=O) groups is 1. The van der Waals surface area contributed by atoms with Crippen LogP contribution in [0, 0.1) is 12.3 Å². The van der Waals surface area contributed by atoms with E-state index in [4.69, 9.17) is 0 Å². The maximum absolute atomic E-state index is 11.9. The molecule has 1 aliphatic rings. The fourth-order valence-corrected chi connectivity index (χ4v) is 2.81. The highest BCUT2D eigenvalue weighted by molar-refractivity contribution is 7.13. The van der Waals surface area contributed by atoms with Crippen molar-refractivity contribution in [3.63, 3.8) is 0 Å². The number of aryl methyl sites for hydroxylation is 1. The second kappa shape index (κ2) is 6.50. The molecule has 0 radical (unpaired) electrons. The molecule has 0 saturated carbocycles. The van der Waals surface area contributed by atoms with E-state index in [9.17, 15) is 4.79 Å². The van der Waals surface area contributed by atoms with E-state index in [2.05, 4.69) is 22.5 Å². The van der Waals surface area contributed by atoms with Gasteiger partial charge in [0.25, 0.3) is 5.91 Å². The van der Waals surface area contributed by atoms with Crippen LogP contribution >= 0.6 is 23.7 Å². The second-order valence-corrected chi connectivity index (χ2v) is 6.25. The molecule has 4 nitrogen and oxygen atoms in total. The highest BCUT2D eigenvalue weighted by Gasteiger charge is 2.27. The molecule has 2 rings (SSSR count). The van der Waals surface area contributed by atoms with Crippen molar-refractivity contribution in [3.8, 4) is 0 Å². The zero-order chi connectivity index (χ0) is 12.3. The Morgan fingerprint density at radius 1 is 1.67 bits per heavy atom. The Kier molecular flexibility index (Phi) is 5.56. The van der Waals surface area contributed by atoms with Crippen LogP contribution in [0.5, 0.6) is 0 Å². The summed E-state index contributed by atoms with van der Waals surface area (Å²) in [7, 11) is 0. The zero-order valence-corrected chi connectivity index (χ0v) is 12.4. The molecule has 1 amide bonds. The van der Waals surface area contributed by atoms with Crippen LogP contribution in [0.2, 0.25) is 0 Å². The zero-order valence-electron chi connectivity index (χ0n) is 10.8. The summed E-state index contributed by atoms with van der Waals surface area (Å²) in [6, 6.07) is 0. The standard InChI is InChI=1S/C12H19N3OS.ClH/c1-9-14-6-10(17-9)11(16)15-8-12(2)4-3-5-13-7-12;/h6,13H,3-5,7-8H2,1-2H3,(H,15,16);1H. The second-order valence-electron chi connectivity index (χ2n) is 5.02. The van der Waals surface area contributed by atoms with Crippen LogP contribution in [-0.4, -0.2) is 30.5 Å². The fraction of sp³-hybridized carbons (Fsp3) is 0.667. The number of rotatable bonds is 3. The molecule has 18 heavy (non-hydrogen) atoms. The number of piperidine rings is 1. The normalized spacial score (nSPS) is 23.2. The Morgan fingerprint density at radius 3 is 3.00 bits per heavy atom. The number of thiazole rings is 1. The van der Waals surface area contributed by atoms with Gasteiger partial charge in [0.15, 0.2) is 0 Å². The molecule has 1 saturated heterocycles. The van der Waals surface area contributed by atoms with Crippen molar-refractivity contribution in [2.75, 3.05) is 19.6 Å². The van der Waals surface area contributed by atoms with Gasteiger partial charge in [0.1, 0.15) is 4.88 Å². The van der Waals surface area contributed by atoms with Crippen molar-refractivity contribution in [1.82, 2.24) is 15.6 Å². The molecule has 0 aromatic carbocycles. The molecule has 1 unspecified atom stereocenters. The van der Waals surface area contributed by atoms with E-state index in [1.165, 1.54) is 24.2 Å². The van der Waals surface area contributed by atoms with Crippen molar-refractivity contribution in [2.45, 2.75) is 26.7 Å². The van der Waals surface area contributed by atoms with Gasteiger partial charge in [-0.15, -0.1) is 23.7 Å². The molecule has 1 fully saturated rings. The molecule has 6 heteroatoms.